The summed E-state index contributed by atoms with van der Waals surface area (Å²) in [7, 11) is -3.36. The molecule has 1 spiro atoms. The number of fused-ring (bicyclic) bond motifs is 3. The summed E-state index contributed by atoms with van der Waals surface area (Å²) < 4.78 is 25.9. The summed E-state index contributed by atoms with van der Waals surface area (Å²) in [5.74, 6) is -1.14. The van der Waals surface area contributed by atoms with Crippen molar-refractivity contribution in [1.29, 1.82) is 0 Å². The largest absolute Gasteiger partial charge is 0.395 e. The lowest BCUT2D eigenvalue weighted by atomic mass is 9.82. The number of anilines is 1. The second-order valence-corrected chi connectivity index (χ2v) is 16.5. The van der Waals surface area contributed by atoms with Gasteiger partial charge in [0.1, 0.15) is 0 Å². The predicted molar refractivity (Wildman–Crippen MR) is 174 cm³/mol. The molecule has 1 fully saturated rings. The molecular weight excluding hydrogens is 603 g/mol. The van der Waals surface area contributed by atoms with Crippen molar-refractivity contribution in [1.82, 2.24) is 24.8 Å². The molecule has 0 bridgehead atoms. The van der Waals surface area contributed by atoms with Crippen LogP contribution >= 0.6 is 0 Å². The van der Waals surface area contributed by atoms with Crippen LogP contribution in [-0.2, 0) is 21.7 Å². The lowest BCUT2D eigenvalue weighted by Gasteiger charge is -2.30. The van der Waals surface area contributed by atoms with Gasteiger partial charge in [-0.3, -0.25) is 14.3 Å². The lowest BCUT2D eigenvalue weighted by molar-refractivity contribution is -0.143. The molecule has 7 rings (SSSR count). The molecule has 2 N–H and O–H groups in total. The Balaban J connectivity index is 1.20. The third-order valence-corrected chi connectivity index (χ3v) is 12.0. The Hall–Kier alpha value is -4.52. The van der Waals surface area contributed by atoms with Gasteiger partial charge in [0, 0.05) is 40.8 Å². The molecule has 1 saturated heterocycles. The van der Waals surface area contributed by atoms with E-state index in [1.807, 2.05) is 49.4 Å². The third-order valence-electron chi connectivity index (χ3n) is 9.58. The van der Waals surface area contributed by atoms with Gasteiger partial charge in [0.15, 0.2) is 5.60 Å². The summed E-state index contributed by atoms with van der Waals surface area (Å²) in [4.78, 5) is 27.2. The number of carbonyl (C=O) groups is 1. The van der Waals surface area contributed by atoms with E-state index in [-0.39, 0.29) is 24.0 Å². The van der Waals surface area contributed by atoms with Crippen molar-refractivity contribution in [3.05, 3.63) is 112 Å². The van der Waals surface area contributed by atoms with Crippen molar-refractivity contribution < 1.29 is 18.7 Å². The first-order valence-electron chi connectivity index (χ1n) is 15.5. The number of aryl methyl sites for hydroxylation is 1. The Morgan fingerprint density at radius 1 is 1.09 bits per heavy atom. The molecule has 0 radical (unpaired) electrons. The van der Waals surface area contributed by atoms with Gasteiger partial charge < -0.3 is 19.3 Å². The Labute approximate surface area is 266 Å². The molecule has 12 heteroatoms. The summed E-state index contributed by atoms with van der Waals surface area (Å²) in [5, 5.41) is 27.3. The average molecular weight is 639 g/mol. The van der Waals surface area contributed by atoms with Gasteiger partial charge in [-0.25, -0.2) is 0 Å². The van der Waals surface area contributed by atoms with E-state index >= 15 is 4.11 Å². The molecule has 5 aromatic rings. The van der Waals surface area contributed by atoms with Crippen LogP contribution in [0.15, 0.2) is 90.0 Å². The Morgan fingerprint density at radius 2 is 1.85 bits per heavy atom. The predicted octanol–water partition coefficient (Wildman–Crippen LogP) is 4.92. The highest BCUT2D eigenvalue weighted by atomic mass is 28.4. The second kappa shape index (κ2) is 11.4. The molecule has 10 nitrogen and oxygen atoms in total. The summed E-state index contributed by atoms with van der Waals surface area (Å²) in [6, 6.07) is 22.1. The molecule has 3 aromatic carbocycles. The van der Waals surface area contributed by atoms with Crippen LogP contribution < -0.4 is 10.9 Å². The maximum atomic E-state index is 16.2. The smallest absolute Gasteiger partial charge is 0.279 e. The first-order chi connectivity index (χ1) is 22.1. The molecule has 1 amide bonds. The zero-order chi connectivity index (χ0) is 32.2. The highest BCUT2D eigenvalue weighted by molar-refractivity contribution is 6.72. The van der Waals surface area contributed by atoms with E-state index < -0.39 is 31.6 Å². The van der Waals surface area contributed by atoms with E-state index in [9.17, 15) is 14.7 Å². The van der Waals surface area contributed by atoms with E-state index in [4.69, 9.17) is 4.74 Å². The van der Waals surface area contributed by atoms with Gasteiger partial charge in [-0.15, -0.1) is 5.10 Å². The van der Waals surface area contributed by atoms with Gasteiger partial charge in [-0.2, -0.15) is 9.78 Å². The normalized spacial score (nSPS) is 23.2. The van der Waals surface area contributed by atoms with Gasteiger partial charge in [-0.1, -0.05) is 60.7 Å². The number of hydrogen-bond acceptors (Lipinski definition) is 7. The van der Waals surface area contributed by atoms with Gasteiger partial charge >= 0.3 is 0 Å². The monoisotopic (exact) mass is 638 g/mol. The van der Waals surface area contributed by atoms with Crippen LogP contribution in [0, 0.1) is 5.92 Å². The van der Waals surface area contributed by atoms with Crippen LogP contribution in [-0.4, -0.2) is 56.9 Å². The summed E-state index contributed by atoms with van der Waals surface area (Å²) >= 11 is 0. The number of aromatic nitrogens is 5. The number of amides is 1. The number of aliphatic hydroxyl groups is 1. The number of nitrogens with zero attached hydrogens (tertiary/aromatic N) is 5. The van der Waals surface area contributed by atoms with Crippen molar-refractivity contribution in [2.75, 3.05) is 11.9 Å². The Morgan fingerprint density at radius 3 is 2.61 bits per heavy atom. The van der Waals surface area contributed by atoms with Gasteiger partial charge in [0.05, 0.1) is 41.6 Å². The molecule has 5 atom stereocenters. The topological polar surface area (TPSA) is 124 Å². The van der Waals surface area contributed by atoms with Crippen molar-refractivity contribution >= 4 is 30.8 Å². The van der Waals surface area contributed by atoms with Crippen LogP contribution in [0.5, 0.6) is 0 Å². The maximum Gasteiger partial charge on any atom is 0.279 e. The number of nitrogens with one attached hydrogen (secondary N) is 1. The SMILES string of the molecule is C[C@H]1[C@H]([Si](C)(C)F)[C@@H](CCn2cc(C(CO)c3ccccc3)nn2)O[C@]12C(=O)Nc1ccc(-n3ncc4ccccc4c3=O)cc12. The number of ether oxygens (including phenoxy) is 1. The second-order valence-electron chi connectivity index (χ2n) is 12.7. The number of rotatable bonds is 8. The highest BCUT2D eigenvalue weighted by Gasteiger charge is 2.65. The first-order valence-corrected chi connectivity index (χ1v) is 18.4. The quantitative estimate of drug-likeness (QED) is 0.183. The van der Waals surface area contributed by atoms with E-state index in [0.717, 1.165) is 10.9 Å². The molecular formula is C34H35FN6O4Si. The summed E-state index contributed by atoms with van der Waals surface area (Å²) in [6.45, 7) is 5.48. The third kappa shape index (κ3) is 4.88. The number of benzene rings is 3. The van der Waals surface area contributed by atoms with Crippen molar-refractivity contribution in [2.45, 2.75) is 56.1 Å². The molecule has 2 aromatic heterocycles. The van der Waals surface area contributed by atoms with Crippen molar-refractivity contribution in [2.24, 2.45) is 5.92 Å². The maximum absolute atomic E-state index is 16.2. The van der Waals surface area contributed by atoms with Crippen LogP contribution in [0.4, 0.5) is 9.80 Å². The molecule has 4 heterocycles. The zero-order valence-corrected chi connectivity index (χ0v) is 26.8. The van der Waals surface area contributed by atoms with Gasteiger partial charge in [0.25, 0.3) is 11.5 Å². The van der Waals surface area contributed by atoms with Crippen molar-refractivity contribution in [3.8, 4) is 5.69 Å². The van der Waals surface area contributed by atoms with E-state index in [0.29, 0.717) is 41.0 Å². The number of aliphatic hydroxyl groups excluding tert-OH is 1. The number of carbonyl (C=O) groups excluding carboxylic acids is 1. The van der Waals surface area contributed by atoms with Gasteiger partial charge in [0.2, 0.25) is 8.41 Å². The fraction of sp³-hybridized carbons (Fsp3) is 0.324. The van der Waals surface area contributed by atoms with E-state index in [2.05, 4.69) is 20.7 Å². The zero-order valence-electron chi connectivity index (χ0n) is 25.8. The minimum Gasteiger partial charge on any atom is -0.395 e. The summed E-state index contributed by atoms with van der Waals surface area (Å²) in [5.41, 5.74) is 1.01. The Kier molecular flexibility index (Phi) is 7.45. The van der Waals surface area contributed by atoms with Crippen LogP contribution in [0.25, 0.3) is 16.5 Å². The molecule has 2 aliphatic rings. The lowest BCUT2D eigenvalue weighted by Crippen LogP contribution is -2.42. The number of hydrogen-bond donors (Lipinski definition) is 2. The van der Waals surface area contributed by atoms with E-state index in [1.165, 1.54) is 4.68 Å². The standard InChI is InChI=1S/C34H35FN6O4Si/c1-21-31(46(2,3)35)30(15-16-40-19-29(38-39-40)26(20-42)22-9-5-4-6-10-22)45-34(21)27-17-24(13-14-28(27)37-33(34)44)41-32(43)25-12-8-7-11-23(25)18-36-41/h4-14,17-19,21,26,30-31,42H,15-16,20H2,1-3H3,(H,37,44)/t21-,26?,30+,31-,34+/m0/s1. The van der Waals surface area contributed by atoms with E-state index in [1.54, 1.807) is 60.5 Å². The number of halogens is 1. The molecule has 0 saturated carbocycles. The minimum atomic E-state index is -3.36. The highest BCUT2D eigenvalue weighted by Crippen LogP contribution is 2.59. The van der Waals surface area contributed by atoms with Crippen molar-refractivity contribution in [3.63, 3.8) is 0 Å². The fourth-order valence-electron chi connectivity index (χ4n) is 7.43. The average Bonchev–Trinajstić information content (AvgIpc) is 3.71. The summed E-state index contributed by atoms with van der Waals surface area (Å²) in [6.07, 6.45) is 3.27. The van der Waals surface area contributed by atoms with Crippen LogP contribution in [0.2, 0.25) is 18.6 Å². The van der Waals surface area contributed by atoms with Crippen LogP contribution in [0.1, 0.15) is 36.1 Å². The Bertz CT molecular complexity index is 1990. The first kappa shape index (κ1) is 30.1. The molecule has 1 unspecified atom stereocenters. The van der Waals surface area contributed by atoms with Gasteiger partial charge in [-0.05, 0) is 49.3 Å². The fourth-order valence-corrected chi connectivity index (χ4v) is 9.97. The minimum absolute atomic E-state index is 0.116. The molecule has 46 heavy (non-hydrogen) atoms. The van der Waals surface area contributed by atoms with Crippen LogP contribution in [0.3, 0.4) is 0 Å². The molecule has 236 valence electrons. The molecule has 2 aliphatic heterocycles. The molecule has 0 aliphatic carbocycles.